The smallest absolute Gasteiger partial charge is 0.161 e. The van der Waals surface area contributed by atoms with Crippen molar-refractivity contribution < 1.29 is 9.47 Å². The minimum absolute atomic E-state index is 0.326. The zero-order valence-electron chi connectivity index (χ0n) is 12.8. The normalized spacial score (nSPS) is 12.5. The number of ether oxygens (including phenoxy) is 2. The van der Waals surface area contributed by atoms with Crippen molar-refractivity contribution in [3.05, 3.63) is 23.8 Å². The van der Waals surface area contributed by atoms with Crippen molar-refractivity contribution in [3.8, 4) is 11.5 Å². The van der Waals surface area contributed by atoms with Crippen LogP contribution in [-0.2, 0) is 0 Å². The Kier molecular flexibility index (Phi) is 6.71. The maximum Gasteiger partial charge on any atom is 0.161 e. The molecular weight excluding hydrogens is 238 g/mol. The van der Waals surface area contributed by atoms with Crippen molar-refractivity contribution in [2.24, 2.45) is 5.92 Å². The van der Waals surface area contributed by atoms with Crippen LogP contribution in [0.5, 0.6) is 11.5 Å². The van der Waals surface area contributed by atoms with Crippen LogP contribution in [0.2, 0.25) is 0 Å². The molecule has 0 amide bonds. The van der Waals surface area contributed by atoms with Crippen LogP contribution in [0.4, 0.5) is 0 Å². The molecule has 0 bridgehead atoms. The van der Waals surface area contributed by atoms with Crippen LogP contribution < -0.4 is 14.8 Å². The molecule has 1 N–H and O–H groups in total. The summed E-state index contributed by atoms with van der Waals surface area (Å²) >= 11 is 0. The average molecular weight is 265 g/mol. The fourth-order valence-electron chi connectivity index (χ4n) is 2.07. The quantitative estimate of drug-likeness (QED) is 0.725. The van der Waals surface area contributed by atoms with Crippen molar-refractivity contribution in [1.29, 1.82) is 0 Å². The number of rotatable bonds is 8. The van der Waals surface area contributed by atoms with Gasteiger partial charge in [0.1, 0.15) is 0 Å². The van der Waals surface area contributed by atoms with Crippen LogP contribution in [0.15, 0.2) is 18.2 Å². The van der Waals surface area contributed by atoms with Gasteiger partial charge in [0.15, 0.2) is 11.5 Å². The first-order valence-corrected chi connectivity index (χ1v) is 7.03. The van der Waals surface area contributed by atoms with Gasteiger partial charge in [-0.2, -0.15) is 0 Å². The van der Waals surface area contributed by atoms with Crippen molar-refractivity contribution >= 4 is 0 Å². The summed E-state index contributed by atoms with van der Waals surface area (Å²) < 4.78 is 10.6. The van der Waals surface area contributed by atoms with Crippen LogP contribution in [0.25, 0.3) is 0 Å². The number of methoxy groups -OCH3 is 2. The fraction of sp³-hybridized carbons (Fsp3) is 0.625. The fourth-order valence-corrected chi connectivity index (χ4v) is 2.07. The Morgan fingerprint density at radius 1 is 1.05 bits per heavy atom. The van der Waals surface area contributed by atoms with Crippen molar-refractivity contribution in [2.75, 3.05) is 20.8 Å². The molecule has 108 valence electrons. The van der Waals surface area contributed by atoms with Crippen LogP contribution >= 0.6 is 0 Å². The van der Waals surface area contributed by atoms with E-state index in [1.54, 1.807) is 14.2 Å². The highest BCUT2D eigenvalue weighted by Gasteiger charge is 2.09. The van der Waals surface area contributed by atoms with E-state index < -0.39 is 0 Å². The minimum Gasteiger partial charge on any atom is -0.493 e. The van der Waals surface area contributed by atoms with Crippen LogP contribution in [0.1, 0.15) is 45.2 Å². The molecular formula is C16H27NO2. The summed E-state index contributed by atoms with van der Waals surface area (Å²) in [7, 11) is 3.33. The molecule has 0 radical (unpaired) electrons. The molecule has 3 nitrogen and oxygen atoms in total. The minimum atomic E-state index is 0.326. The molecule has 0 aliphatic heterocycles. The van der Waals surface area contributed by atoms with Gasteiger partial charge < -0.3 is 14.8 Å². The second-order valence-electron chi connectivity index (χ2n) is 5.33. The van der Waals surface area contributed by atoms with Crippen molar-refractivity contribution in [1.82, 2.24) is 5.32 Å². The van der Waals surface area contributed by atoms with Gasteiger partial charge in [-0.15, -0.1) is 0 Å². The Hall–Kier alpha value is -1.22. The highest BCUT2D eigenvalue weighted by Crippen LogP contribution is 2.29. The van der Waals surface area contributed by atoms with Crippen molar-refractivity contribution in [2.45, 2.75) is 39.7 Å². The molecule has 0 aliphatic carbocycles. The largest absolute Gasteiger partial charge is 0.493 e. The van der Waals surface area contributed by atoms with Gasteiger partial charge >= 0.3 is 0 Å². The van der Waals surface area contributed by atoms with Gasteiger partial charge in [-0.1, -0.05) is 19.9 Å². The average Bonchev–Trinajstić information content (AvgIpc) is 2.42. The number of hydrogen-bond donors (Lipinski definition) is 1. The first-order chi connectivity index (χ1) is 9.08. The van der Waals surface area contributed by atoms with Crippen LogP contribution in [0.3, 0.4) is 0 Å². The highest BCUT2D eigenvalue weighted by molar-refractivity contribution is 5.43. The monoisotopic (exact) mass is 265 g/mol. The molecule has 0 saturated carbocycles. The van der Waals surface area contributed by atoms with Gasteiger partial charge in [0.05, 0.1) is 14.2 Å². The van der Waals surface area contributed by atoms with Gasteiger partial charge in [-0.3, -0.25) is 0 Å². The van der Waals surface area contributed by atoms with Gasteiger partial charge in [0, 0.05) is 6.04 Å². The van der Waals surface area contributed by atoms with E-state index in [0.717, 1.165) is 24.0 Å². The molecule has 1 aromatic carbocycles. The number of nitrogens with one attached hydrogen (secondary N) is 1. The molecule has 0 spiro atoms. The lowest BCUT2D eigenvalue weighted by molar-refractivity contribution is 0.354. The Balaban J connectivity index is 2.54. The Labute approximate surface area is 117 Å². The lowest BCUT2D eigenvalue weighted by atomic mass is 10.1. The van der Waals surface area contributed by atoms with E-state index >= 15 is 0 Å². The maximum atomic E-state index is 5.33. The molecule has 0 heterocycles. The third-order valence-corrected chi connectivity index (χ3v) is 3.32. The Bertz CT molecular complexity index is 377. The Morgan fingerprint density at radius 3 is 2.32 bits per heavy atom. The van der Waals surface area contributed by atoms with E-state index in [-0.39, 0.29) is 0 Å². The summed E-state index contributed by atoms with van der Waals surface area (Å²) in [5.41, 5.74) is 1.22. The number of hydrogen-bond acceptors (Lipinski definition) is 3. The van der Waals surface area contributed by atoms with Crippen LogP contribution in [-0.4, -0.2) is 20.8 Å². The summed E-state index contributed by atoms with van der Waals surface area (Å²) in [5, 5.41) is 3.55. The van der Waals surface area contributed by atoms with Gasteiger partial charge in [0.2, 0.25) is 0 Å². The van der Waals surface area contributed by atoms with E-state index in [1.165, 1.54) is 18.4 Å². The summed E-state index contributed by atoms with van der Waals surface area (Å²) in [6.07, 6.45) is 2.49. The summed E-state index contributed by atoms with van der Waals surface area (Å²) in [4.78, 5) is 0. The Morgan fingerprint density at radius 2 is 1.74 bits per heavy atom. The molecule has 19 heavy (non-hydrogen) atoms. The third kappa shape index (κ3) is 5.11. The van der Waals surface area contributed by atoms with E-state index in [1.807, 2.05) is 12.1 Å². The molecule has 3 heteroatoms. The maximum absolute atomic E-state index is 5.33. The predicted molar refractivity (Wildman–Crippen MR) is 80.0 cm³/mol. The second kappa shape index (κ2) is 8.05. The van der Waals surface area contributed by atoms with E-state index in [9.17, 15) is 0 Å². The molecule has 0 aliphatic rings. The summed E-state index contributed by atoms with van der Waals surface area (Å²) in [6.45, 7) is 7.75. The van der Waals surface area contributed by atoms with E-state index in [4.69, 9.17) is 9.47 Å². The zero-order chi connectivity index (χ0) is 14.3. The third-order valence-electron chi connectivity index (χ3n) is 3.32. The lowest BCUT2D eigenvalue weighted by Gasteiger charge is -2.16. The van der Waals surface area contributed by atoms with Gasteiger partial charge in [-0.25, -0.2) is 0 Å². The molecule has 1 rings (SSSR count). The molecule has 0 saturated heterocycles. The predicted octanol–water partition coefficient (Wildman–Crippen LogP) is 3.79. The van der Waals surface area contributed by atoms with Gasteiger partial charge in [-0.05, 0) is 49.9 Å². The SMILES string of the molecule is COc1ccc(C(C)NCCCC(C)C)cc1OC. The molecule has 1 aromatic rings. The summed E-state index contributed by atoms with van der Waals surface area (Å²) in [5.74, 6) is 2.34. The second-order valence-corrected chi connectivity index (χ2v) is 5.33. The zero-order valence-corrected chi connectivity index (χ0v) is 12.8. The van der Waals surface area contributed by atoms with E-state index in [2.05, 4.69) is 32.2 Å². The first-order valence-electron chi connectivity index (χ1n) is 7.03. The number of benzene rings is 1. The standard InChI is InChI=1S/C16H27NO2/c1-12(2)7-6-10-17-13(3)14-8-9-15(18-4)16(11-14)19-5/h8-9,11-13,17H,6-7,10H2,1-5H3. The first kappa shape index (κ1) is 15.8. The lowest BCUT2D eigenvalue weighted by Crippen LogP contribution is -2.20. The molecule has 0 aromatic heterocycles. The topological polar surface area (TPSA) is 30.5 Å². The highest BCUT2D eigenvalue weighted by atomic mass is 16.5. The molecule has 0 fully saturated rings. The van der Waals surface area contributed by atoms with Gasteiger partial charge in [0.25, 0.3) is 0 Å². The van der Waals surface area contributed by atoms with Crippen LogP contribution in [0, 0.1) is 5.92 Å². The molecule has 1 atom stereocenters. The van der Waals surface area contributed by atoms with Crippen molar-refractivity contribution in [3.63, 3.8) is 0 Å². The summed E-state index contributed by atoms with van der Waals surface area (Å²) in [6, 6.07) is 6.41. The van der Waals surface area contributed by atoms with E-state index in [0.29, 0.717) is 6.04 Å². The molecule has 1 unspecified atom stereocenters.